The van der Waals surface area contributed by atoms with Crippen LogP contribution in [-0.2, 0) is 13.0 Å². The lowest BCUT2D eigenvalue weighted by Gasteiger charge is -2.32. The molecule has 2 N–H and O–H groups in total. The van der Waals surface area contributed by atoms with Gasteiger partial charge in [-0.3, -0.25) is 0 Å². The monoisotopic (exact) mass is 289 g/mol. The third kappa shape index (κ3) is 3.13. The van der Waals surface area contributed by atoms with Crippen LogP contribution in [0, 0.1) is 0 Å². The number of amides is 2. The van der Waals surface area contributed by atoms with E-state index in [9.17, 15) is 4.79 Å². The van der Waals surface area contributed by atoms with E-state index < -0.39 is 0 Å². The third-order valence-electron chi connectivity index (χ3n) is 4.35. The predicted octanol–water partition coefficient (Wildman–Crippen LogP) is 1.51. The molecule has 1 atom stereocenters. The largest absolute Gasteiger partial charge is 0.496 e. The maximum atomic E-state index is 12.4. The lowest BCUT2D eigenvalue weighted by Crippen LogP contribution is -2.51. The minimum absolute atomic E-state index is 0.0529. The van der Waals surface area contributed by atoms with Crippen molar-refractivity contribution in [3.63, 3.8) is 0 Å². The van der Waals surface area contributed by atoms with Crippen LogP contribution in [0.1, 0.15) is 24.0 Å². The molecule has 114 valence electrons. The fourth-order valence-electron chi connectivity index (χ4n) is 3.18. The zero-order chi connectivity index (χ0) is 14.7. The highest BCUT2D eigenvalue weighted by Crippen LogP contribution is 2.27. The number of urea groups is 1. The van der Waals surface area contributed by atoms with E-state index in [2.05, 4.69) is 16.7 Å². The Hall–Kier alpha value is -1.75. The molecule has 21 heavy (non-hydrogen) atoms. The maximum absolute atomic E-state index is 12.4. The molecule has 2 aliphatic heterocycles. The smallest absolute Gasteiger partial charge is 0.317 e. The summed E-state index contributed by atoms with van der Waals surface area (Å²) in [7, 11) is 1.70. The van der Waals surface area contributed by atoms with Gasteiger partial charge in [-0.25, -0.2) is 4.79 Å². The predicted molar refractivity (Wildman–Crippen MR) is 81.5 cm³/mol. The number of hydrogen-bond acceptors (Lipinski definition) is 3. The standard InChI is InChI=1S/C16H23N3O2/c1-21-15-6-2-4-12-11-19(9-7-14(12)15)16(20)18-13-5-3-8-17-10-13/h2,4,6,13,17H,3,5,7-11H2,1H3,(H,18,20)/t13-/m1/s1. The third-order valence-corrected chi connectivity index (χ3v) is 4.35. The Morgan fingerprint density at radius 2 is 2.38 bits per heavy atom. The summed E-state index contributed by atoms with van der Waals surface area (Å²) in [6.45, 7) is 3.35. The molecule has 1 fully saturated rings. The van der Waals surface area contributed by atoms with Crippen molar-refractivity contribution in [3.05, 3.63) is 29.3 Å². The van der Waals surface area contributed by atoms with E-state index in [1.54, 1.807) is 7.11 Å². The molecule has 3 rings (SSSR count). The number of carbonyl (C=O) groups excluding carboxylic acids is 1. The van der Waals surface area contributed by atoms with Crippen molar-refractivity contribution in [3.8, 4) is 5.75 Å². The van der Waals surface area contributed by atoms with Crippen molar-refractivity contribution in [1.82, 2.24) is 15.5 Å². The van der Waals surface area contributed by atoms with Gasteiger partial charge in [-0.2, -0.15) is 0 Å². The minimum atomic E-state index is 0.0529. The van der Waals surface area contributed by atoms with Crippen LogP contribution < -0.4 is 15.4 Å². The van der Waals surface area contributed by atoms with Crippen LogP contribution >= 0.6 is 0 Å². The number of nitrogens with one attached hydrogen (secondary N) is 2. The molecule has 5 heteroatoms. The Labute approximate surface area is 125 Å². The first-order valence-electron chi connectivity index (χ1n) is 7.69. The van der Waals surface area contributed by atoms with Gasteiger partial charge in [0.1, 0.15) is 5.75 Å². The van der Waals surface area contributed by atoms with E-state index in [1.807, 2.05) is 17.0 Å². The van der Waals surface area contributed by atoms with Gasteiger partial charge in [-0.05, 0) is 37.4 Å². The summed E-state index contributed by atoms with van der Waals surface area (Å²) in [5, 5.41) is 6.47. The Kier molecular flexibility index (Phi) is 4.29. The molecule has 0 aliphatic carbocycles. The summed E-state index contributed by atoms with van der Waals surface area (Å²) in [4.78, 5) is 14.3. The van der Waals surface area contributed by atoms with Crippen molar-refractivity contribution in [2.45, 2.75) is 31.8 Å². The first-order chi connectivity index (χ1) is 10.3. The highest BCUT2D eigenvalue weighted by atomic mass is 16.5. The Morgan fingerprint density at radius 1 is 1.48 bits per heavy atom. The second kappa shape index (κ2) is 6.35. The van der Waals surface area contributed by atoms with E-state index in [1.165, 1.54) is 11.1 Å². The number of ether oxygens (including phenoxy) is 1. The fourth-order valence-corrected chi connectivity index (χ4v) is 3.18. The van der Waals surface area contributed by atoms with E-state index in [-0.39, 0.29) is 12.1 Å². The minimum Gasteiger partial charge on any atom is -0.496 e. The molecule has 1 aromatic rings. The molecular formula is C16H23N3O2. The van der Waals surface area contributed by atoms with Crippen molar-refractivity contribution < 1.29 is 9.53 Å². The first-order valence-corrected chi connectivity index (χ1v) is 7.69. The fraction of sp³-hybridized carbons (Fsp3) is 0.562. The summed E-state index contributed by atoms with van der Waals surface area (Å²) in [5.41, 5.74) is 2.43. The van der Waals surface area contributed by atoms with E-state index in [0.29, 0.717) is 6.54 Å². The van der Waals surface area contributed by atoms with E-state index in [4.69, 9.17) is 4.74 Å². The zero-order valence-electron chi connectivity index (χ0n) is 12.5. The topological polar surface area (TPSA) is 53.6 Å². The highest BCUT2D eigenvalue weighted by Gasteiger charge is 2.24. The van der Waals surface area contributed by atoms with Gasteiger partial charge < -0.3 is 20.3 Å². The lowest BCUT2D eigenvalue weighted by atomic mass is 9.99. The SMILES string of the molecule is COc1cccc2c1CCN(C(=O)N[C@@H]1CCCNC1)C2. The molecule has 0 aromatic heterocycles. The van der Waals surface area contributed by atoms with Crippen LogP contribution in [0.2, 0.25) is 0 Å². The zero-order valence-corrected chi connectivity index (χ0v) is 12.5. The molecule has 2 amide bonds. The Morgan fingerprint density at radius 3 is 3.14 bits per heavy atom. The average molecular weight is 289 g/mol. The molecule has 0 bridgehead atoms. The maximum Gasteiger partial charge on any atom is 0.317 e. The normalized spacial score (nSPS) is 21.6. The summed E-state index contributed by atoms with van der Waals surface area (Å²) >= 11 is 0. The van der Waals surface area contributed by atoms with Gasteiger partial charge in [0, 0.05) is 31.2 Å². The molecule has 1 aromatic carbocycles. The summed E-state index contributed by atoms with van der Waals surface area (Å²) in [6.07, 6.45) is 3.05. The molecule has 5 nitrogen and oxygen atoms in total. The number of hydrogen-bond donors (Lipinski definition) is 2. The quantitative estimate of drug-likeness (QED) is 0.868. The number of rotatable bonds is 2. The van der Waals surface area contributed by atoms with Crippen molar-refractivity contribution in [1.29, 1.82) is 0 Å². The number of nitrogens with zero attached hydrogens (tertiary/aromatic N) is 1. The first kappa shape index (κ1) is 14.2. The van der Waals surface area contributed by atoms with Crippen LogP contribution in [0.25, 0.3) is 0 Å². The van der Waals surface area contributed by atoms with Gasteiger partial charge in [0.05, 0.1) is 7.11 Å². The second-order valence-corrected chi connectivity index (χ2v) is 5.76. The molecular weight excluding hydrogens is 266 g/mol. The van der Waals surface area contributed by atoms with Gasteiger partial charge in [0.25, 0.3) is 0 Å². The van der Waals surface area contributed by atoms with Crippen LogP contribution in [-0.4, -0.2) is 43.7 Å². The van der Waals surface area contributed by atoms with Gasteiger partial charge in [0.2, 0.25) is 0 Å². The van der Waals surface area contributed by atoms with Crippen molar-refractivity contribution >= 4 is 6.03 Å². The molecule has 2 heterocycles. The Bertz CT molecular complexity index is 512. The van der Waals surface area contributed by atoms with Crippen molar-refractivity contribution in [2.24, 2.45) is 0 Å². The van der Waals surface area contributed by atoms with Crippen molar-refractivity contribution in [2.75, 3.05) is 26.7 Å². The number of piperidine rings is 1. The van der Waals surface area contributed by atoms with Gasteiger partial charge >= 0.3 is 6.03 Å². The molecule has 1 saturated heterocycles. The number of fused-ring (bicyclic) bond motifs is 1. The lowest BCUT2D eigenvalue weighted by molar-refractivity contribution is 0.185. The van der Waals surface area contributed by atoms with Crippen LogP contribution in [0.4, 0.5) is 4.79 Å². The van der Waals surface area contributed by atoms with Crippen LogP contribution in [0.5, 0.6) is 5.75 Å². The summed E-state index contributed by atoms with van der Waals surface area (Å²) in [5.74, 6) is 0.934. The van der Waals surface area contributed by atoms with Crippen LogP contribution in [0.15, 0.2) is 18.2 Å². The second-order valence-electron chi connectivity index (χ2n) is 5.76. The Balaban J connectivity index is 1.64. The number of benzene rings is 1. The van der Waals surface area contributed by atoms with Crippen LogP contribution in [0.3, 0.4) is 0 Å². The number of carbonyl (C=O) groups is 1. The van der Waals surface area contributed by atoms with E-state index >= 15 is 0 Å². The molecule has 2 aliphatic rings. The summed E-state index contributed by atoms with van der Waals surface area (Å²) < 4.78 is 5.40. The molecule has 0 spiro atoms. The number of methoxy groups -OCH3 is 1. The molecule has 0 radical (unpaired) electrons. The molecule has 0 saturated carbocycles. The van der Waals surface area contributed by atoms with Gasteiger partial charge in [-0.1, -0.05) is 12.1 Å². The van der Waals surface area contributed by atoms with Gasteiger partial charge in [-0.15, -0.1) is 0 Å². The van der Waals surface area contributed by atoms with E-state index in [0.717, 1.165) is 44.6 Å². The average Bonchev–Trinajstić information content (AvgIpc) is 2.54. The highest BCUT2D eigenvalue weighted by molar-refractivity contribution is 5.75. The summed E-state index contributed by atoms with van der Waals surface area (Å²) in [6, 6.07) is 6.38. The molecule has 0 unspecified atom stereocenters. The van der Waals surface area contributed by atoms with Gasteiger partial charge in [0.15, 0.2) is 0 Å².